The van der Waals surface area contributed by atoms with E-state index in [1.165, 1.54) is 0 Å². The van der Waals surface area contributed by atoms with Crippen LogP contribution in [0.3, 0.4) is 0 Å². The second kappa shape index (κ2) is 7.38. The number of nitrogens with zero attached hydrogens (tertiary/aromatic N) is 1. The number of aryl methyl sites for hydroxylation is 1. The standard InChI is InChI=1S/C21H26N2O2/c1-16-8-6-7-11-19(16)22-20(24)17(2)23-14-12-21(25,13-15-23)18-9-4-3-5-10-18/h3-11,17,25H,12-15H2,1-2H3,(H,22,24). The van der Waals surface area contributed by atoms with Crippen LogP contribution in [0.4, 0.5) is 5.69 Å². The van der Waals surface area contributed by atoms with Crippen molar-refractivity contribution in [2.24, 2.45) is 0 Å². The summed E-state index contributed by atoms with van der Waals surface area (Å²) in [6, 6.07) is 17.4. The zero-order chi connectivity index (χ0) is 17.9. The lowest BCUT2D eigenvalue weighted by Crippen LogP contribution is -2.49. The van der Waals surface area contributed by atoms with Gasteiger partial charge in [0.2, 0.25) is 5.91 Å². The fraction of sp³-hybridized carbons (Fsp3) is 0.381. The summed E-state index contributed by atoms with van der Waals surface area (Å²) in [5.74, 6) is -0.000508. The van der Waals surface area contributed by atoms with Crippen molar-refractivity contribution in [1.82, 2.24) is 4.90 Å². The summed E-state index contributed by atoms with van der Waals surface area (Å²) >= 11 is 0. The Labute approximate surface area is 149 Å². The molecule has 0 radical (unpaired) electrons. The smallest absolute Gasteiger partial charge is 0.241 e. The maximum atomic E-state index is 12.6. The number of piperidine rings is 1. The number of carbonyl (C=O) groups excluding carboxylic acids is 1. The number of aliphatic hydroxyl groups is 1. The number of rotatable bonds is 4. The second-order valence-electron chi connectivity index (χ2n) is 6.91. The average Bonchev–Trinajstić information content (AvgIpc) is 2.64. The predicted octanol–water partition coefficient (Wildman–Crippen LogP) is 3.31. The lowest BCUT2D eigenvalue weighted by molar-refractivity contribution is -0.123. The average molecular weight is 338 g/mol. The van der Waals surface area contributed by atoms with Crippen molar-refractivity contribution in [2.45, 2.75) is 38.3 Å². The molecule has 1 atom stereocenters. The Kier molecular flexibility index (Phi) is 5.21. The van der Waals surface area contributed by atoms with Gasteiger partial charge in [-0.3, -0.25) is 9.69 Å². The lowest BCUT2D eigenvalue weighted by Gasteiger charge is -2.40. The summed E-state index contributed by atoms with van der Waals surface area (Å²) in [7, 11) is 0. The van der Waals surface area contributed by atoms with Gasteiger partial charge in [-0.15, -0.1) is 0 Å². The van der Waals surface area contributed by atoms with E-state index < -0.39 is 5.60 Å². The summed E-state index contributed by atoms with van der Waals surface area (Å²) in [6.07, 6.45) is 1.28. The van der Waals surface area contributed by atoms with E-state index in [0.29, 0.717) is 25.9 Å². The third kappa shape index (κ3) is 3.91. The van der Waals surface area contributed by atoms with Gasteiger partial charge in [-0.2, -0.15) is 0 Å². The largest absolute Gasteiger partial charge is 0.385 e. The zero-order valence-corrected chi connectivity index (χ0v) is 14.9. The van der Waals surface area contributed by atoms with Crippen molar-refractivity contribution in [3.63, 3.8) is 0 Å². The molecule has 4 heteroatoms. The fourth-order valence-corrected chi connectivity index (χ4v) is 3.43. The van der Waals surface area contributed by atoms with E-state index in [9.17, 15) is 9.90 Å². The van der Waals surface area contributed by atoms with E-state index in [2.05, 4.69) is 10.2 Å². The van der Waals surface area contributed by atoms with Crippen molar-refractivity contribution in [2.75, 3.05) is 18.4 Å². The number of benzene rings is 2. The van der Waals surface area contributed by atoms with Crippen LogP contribution in [0.2, 0.25) is 0 Å². The normalized spacial score (nSPS) is 18.5. The molecule has 1 amide bonds. The minimum atomic E-state index is -0.788. The molecule has 1 fully saturated rings. The molecule has 1 saturated heterocycles. The van der Waals surface area contributed by atoms with Crippen LogP contribution in [0.25, 0.3) is 0 Å². The summed E-state index contributed by atoms with van der Waals surface area (Å²) in [4.78, 5) is 14.7. The summed E-state index contributed by atoms with van der Waals surface area (Å²) in [5, 5.41) is 13.9. The van der Waals surface area contributed by atoms with E-state index in [1.807, 2.05) is 68.4 Å². The van der Waals surface area contributed by atoms with Crippen LogP contribution >= 0.6 is 0 Å². The van der Waals surface area contributed by atoms with Gasteiger partial charge >= 0.3 is 0 Å². The van der Waals surface area contributed by atoms with E-state index in [0.717, 1.165) is 16.8 Å². The second-order valence-corrected chi connectivity index (χ2v) is 6.91. The Morgan fingerprint density at radius 3 is 2.32 bits per heavy atom. The van der Waals surface area contributed by atoms with Gasteiger partial charge in [0, 0.05) is 18.8 Å². The Balaban J connectivity index is 1.61. The molecular formula is C21H26N2O2. The highest BCUT2D eigenvalue weighted by molar-refractivity contribution is 5.95. The van der Waals surface area contributed by atoms with Crippen LogP contribution in [0.5, 0.6) is 0 Å². The summed E-state index contributed by atoms with van der Waals surface area (Å²) < 4.78 is 0. The molecule has 25 heavy (non-hydrogen) atoms. The monoisotopic (exact) mass is 338 g/mol. The first-order valence-corrected chi connectivity index (χ1v) is 8.88. The molecule has 1 unspecified atom stereocenters. The molecule has 2 N–H and O–H groups in total. The molecule has 1 aliphatic heterocycles. The van der Waals surface area contributed by atoms with Crippen molar-refractivity contribution < 1.29 is 9.90 Å². The maximum Gasteiger partial charge on any atom is 0.241 e. The quantitative estimate of drug-likeness (QED) is 0.899. The topological polar surface area (TPSA) is 52.6 Å². The number of likely N-dealkylation sites (tertiary alicyclic amines) is 1. The minimum absolute atomic E-state index is 0.000508. The molecule has 4 nitrogen and oxygen atoms in total. The molecule has 0 saturated carbocycles. The Hall–Kier alpha value is -2.17. The fourth-order valence-electron chi connectivity index (χ4n) is 3.43. The first kappa shape index (κ1) is 17.6. The number of carbonyl (C=O) groups is 1. The van der Waals surface area contributed by atoms with Crippen LogP contribution < -0.4 is 5.32 Å². The van der Waals surface area contributed by atoms with Gasteiger partial charge in [-0.1, -0.05) is 48.5 Å². The molecule has 1 aliphatic rings. The van der Waals surface area contributed by atoms with Gasteiger partial charge in [-0.25, -0.2) is 0 Å². The number of nitrogens with one attached hydrogen (secondary N) is 1. The number of hydrogen-bond acceptors (Lipinski definition) is 3. The Morgan fingerprint density at radius 1 is 1.08 bits per heavy atom. The van der Waals surface area contributed by atoms with E-state index in [4.69, 9.17) is 0 Å². The van der Waals surface area contributed by atoms with Crippen molar-refractivity contribution in [3.05, 3.63) is 65.7 Å². The predicted molar refractivity (Wildman–Crippen MR) is 100 cm³/mol. The first-order chi connectivity index (χ1) is 12.0. The van der Waals surface area contributed by atoms with Crippen LogP contribution in [-0.4, -0.2) is 35.0 Å². The SMILES string of the molecule is Cc1ccccc1NC(=O)C(C)N1CCC(O)(c2ccccc2)CC1. The van der Waals surface area contributed by atoms with Crippen molar-refractivity contribution in [3.8, 4) is 0 Å². The van der Waals surface area contributed by atoms with E-state index in [1.54, 1.807) is 0 Å². The van der Waals surface area contributed by atoms with Gasteiger partial charge in [0.1, 0.15) is 0 Å². The molecular weight excluding hydrogens is 312 g/mol. The molecule has 2 aromatic carbocycles. The van der Waals surface area contributed by atoms with Gasteiger partial charge in [-0.05, 0) is 43.9 Å². The summed E-state index contributed by atoms with van der Waals surface area (Å²) in [6.45, 7) is 5.32. The van der Waals surface area contributed by atoms with Crippen LogP contribution in [0.15, 0.2) is 54.6 Å². The number of para-hydroxylation sites is 1. The van der Waals surface area contributed by atoms with Gasteiger partial charge < -0.3 is 10.4 Å². The van der Waals surface area contributed by atoms with Crippen molar-refractivity contribution >= 4 is 11.6 Å². The maximum absolute atomic E-state index is 12.6. The highest BCUT2D eigenvalue weighted by atomic mass is 16.3. The molecule has 132 valence electrons. The minimum Gasteiger partial charge on any atom is -0.385 e. The Bertz CT molecular complexity index is 722. The number of amides is 1. The molecule has 0 bridgehead atoms. The van der Waals surface area contributed by atoms with Crippen LogP contribution in [0.1, 0.15) is 30.9 Å². The zero-order valence-electron chi connectivity index (χ0n) is 14.9. The third-order valence-corrected chi connectivity index (χ3v) is 5.27. The molecule has 0 aromatic heterocycles. The molecule has 2 aromatic rings. The molecule has 3 rings (SSSR count). The lowest BCUT2D eigenvalue weighted by atomic mass is 9.84. The Morgan fingerprint density at radius 2 is 1.68 bits per heavy atom. The van der Waals surface area contributed by atoms with Crippen LogP contribution in [-0.2, 0) is 10.4 Å². The number of anilines is 1. The first-order valence-electron chi connectivity index (χ1n) is 8.88. The molecule has 0 aliphatic carbocycles. The van der Waals surface area contributed by atoms with E-state index in [-0.39, 0.29) is 11.9 Å². The highest BCUT2D eigenvalue weighted by Gasteiger charge is 2.36. The third-order valence-electron chi connectivity index (χ3n) is 5.27. The number of hydrogen-bond donors (Lipinski definition) is 2. The van der Waals surface area contributed by atoms with Crippen LogP contribution in [0, 0.1) is 6.92 Å². The summed E-state index contributed by atoms with van der Waals surface area (Å²) in [5.41, 5.74) is 2.09. The molecule has 0 spiro atoms. The van der Waals surface area contributed by atoms with E-state index >= 15 is 0 Å². The molecule has 1 heterocycles. The van der Waals surface area contributed by atoms with Gasteiger partial charge in [0.25, 0.3) is 0 Å². The van der Waals surface area contributed by atoms with Crippen molar-refractivity contribution in [1.29, 1.82) is 0 Å². The van der Waals surface area contributed by atoms with Gasteiger partial charge in [0.15, 0.2) is 0 Å². The highest BCUT2D eigenvalue weighted by Crippen LogP contribution is 2.33. The van der Waals surface area contributed by atoms with Gasteiger partial charge in [0.05, 0.1) is 11.6 Å².